The number of aliphatic hydroxyl groups is 1. The Bertz CT molecular complexity index is 586. The van der Waals surface area contributed by atoms with E-state index >= 15 is 0 Å². The first-order valence-corrected chi connectivity index (χ1v) is 8.77. The normalized spacial score (nSPS) is 10.9. The first kappa shape index (κ1) is 16.0. The minimum absolute atomic E-state index is 0.115. The maximum atomic E-state index is 13.3. The van der Waals surface area contributed by atoms with E-state index in [4.69, 9.17) is 5.11 Å². The Balaban J connectivity index is 2.61. The van der Waals surface area contributed by atoms with Crippen molar-refractivity contribution in [1.29, 1.82) is 0 Å². The molecule has 0 atom stereocenters. The van der Waals surface area contributed by atoms with Crippen molar-refractivity contribution in [2.45, 2.75) is 5.75 Å². The van der Waals surface area contributed by atoms with Gasteiger partial charge in [0, 0.05) is 23.3 Å². The maximum absolute atomic E-state index is 13.3. The molecule has 0 saturated carbocycles. The minimum atomic E-state index is -2.95. The number of sulfone groups is 1. The number of hydrogen-bond acceptors (Lipinski definition) is 4. The zero-order valence-electron chi connectivity index (χ0n) is 10.5. The van der Waals surface area contributed by atoms with E-state index in [1.165, 1.54) is 30.2 Å². The molecule has 0 aliphatic heterocycles. The summed E-state index contributed by atoms with van der Waals surface area (Å²) in [6, 6.07) is 4.43. The molecule has 0 aliphatic carbocycles. The second-order valence-electron chi connectivity index (χ2n) is 3.99. The van der Waals surface area contributed by atoms with Crippen LogP contribution in [0.25, 0.3) is 0 Å². The number of thioether (sulfide) groups is 1. The third-order valence-electron chi connectivity index (χ3n) is 2.14. The van der Waals surface area contributed by atoms with Gasteiger partial charge in [-0.25, -0.2) is 12.8 Å². The van der Waals surface area contributed by atoms with Crippen LogP contribution >= 0.6 is 11.8 Å². The largest absolute Gasteiger partial charge is 0.384 e. The topological polar surface area (TPSA) is 54.4 Å². The van der Waals surface area contributed by atoms with Gasteiger partial charge in [0.05, 0.1) is 5.75 Å². The lowest BCUT2D eigenvalue weighted by Gasteiger charge is -2.03. The van der Waals surface area contributed by atoms with Crippen molar-refractivity contribution < 1.29 is 17.9 Å². The minimum Gasteiger partial charge on any atom is -0.384 e. The van der Waals surface area contributed by atoms with E-state index in [2.05, 4.69) is 11.8 Å². The summed E-state index contributed by atoms with van der Waals surface area (Å²) < 4.78 is 35.2. The zero-order chi connectivity index (χ0) is 14.3. The molecule has 0 bridgehead atoms. The van der Waals surface area contributed by atoms with Gasteiger partial charge in [0.15, 0.2) is 0 Å². The third kappa shape index (κ3) is 7.21. The molecule has 0 fully saturated rings. The highest BCUT2D eigenvalue weighted by Crippen LogP contribution is 2.15. The second-order valence-corrected chi connectivity index (χ2v) is 7.36. The summed E-state index contributed by atoms with van der Waals surface area (Å²) in [6.45, 7) is -0.269. The van der Waals surface area contributed by atoms with Gasteiger partial charge >= 0.3 is 0 Å². The van der Waals surface area contributed by atoms with E-state index < -0.39 is 9.84 Å². The summed E-state index contributed by atoms with van der Waals surface area (Å²) in [5.74, 6) is 5.84. The van der Waals surface area contributed by atoms with E-state index in [1.807, 2.05) is 0 Å². The fourth-order valence-electron chi connectivity index (χ4n) is 1.35. The molecular formula is C13H15FO3S2. The fourth-order valence-corrected chi connectivity index (χ4v) is 3.58. The van der Waals surface area contributed by atoms with Gasteiger partial charge in [0.1, 0.15) is 22.3 Å². The van der Waals surface area contributed by atoms with Crippen LogP contribution in [-0.2, 0) is 15.6 Å². The Hall–Kier alpha value is -1.03. The average Bonchev–Trinajstić information content (AvgIpc) is 2.30. The first-order chi connectivity index (χ1) is 8.90. The third-order valence-corrected chi connectivity index (χ3v) is 4.37. The molecule has 1 aromatic rings. The monoisotopic (exact) mass is 302 g/mol. The van der Waals surface area contributed by atoms with E-state index in [-0.39, 0.29) is 18.2 Å². The van der Waals surface area contributed by atoms with Crippen molar-refractivity contribution in [3.63, 3.8) is 0 Å². The van der Waals surface area contributed by atoms with Crippen LogP contribution in [0.4, 0.5) is 4.39 Å². The lowest BCUT2D eigenvalue weighted by Crippen LogP contribution is -2.05. The molecule has 0 heterocycles. The molecule has 0 amide bonds. The molecule has 1 aromatic carbocycles. The number of hydrogen-bond donors (Lipinski definition) is 1. The second kappa shape index (κ2) is 7.53. The highest BCUT2D eigenvalue weighted by molar-refractivity contribution is 7.99. The van der Waals surface area contributed by atoms with Crippen LogP contribution in [0, 0.1) is 17.7 Å². The number of benzene rings is 1. The van der Waals surface area contributed by atoms with Crippen LogP contribution in [-0.4, -0.2) is 37.9 Å². The summed E-state index contributed by atoms with van der Waals surface area (Å²) in [5.41, 5.74) is 1.26. The van der Waals surface area contributed by atoms with E-state index in [0.717, 1.165) is 5.56 Å². The molecule has 19 heavy (non-hydrogen) atoms. The highest BCUT2D eigenvalue weighted by Gasteiger charge is 2.03. The summed E-state index contributed by atoms with van der Waals surface area (Å²) >= 11 is 1.43. The molecule has 3 nitrogen and oxygen atoms in total. The summed E-state index contributed by atoms with van der Waals surface area (Å²) in [7, 11) is -2.95. The molecular weight excluding hydrogens is 287 g/mol. The Morgan fingerprint density at radius 3 is 2.74 bits per heavy atom. The number of aliphatic hydroxyl groups excluding tert-OH is 1. The van der Waals surface area contributed by atoms with Gasteiger partial charge in [-0.3, -0.25) is 0 Å². The van der Waals surface area contributed by atoms with Crippen LogP contribution < -0.4 is 0 Å². The lowest BCUT2D eigenvalue weighted by atomic mass is 10.1. The molecule has 6 heteroatoms. The summed E-state index contributed by atoms with van der Waals surface area (Å²) in [6.07, 6.45) is 1.19. The van der Waals surface area contributed by atoms with Crippen molar-refractivity contribution in [2.75, 3.05) is 24.4 Å². The number of halogens is 1. The van der Waals surface area contributed by atoms with Gasteiger partial charge in [0.25, 0.3) is 0 Å². The fraction of sp³-hybridized carbons (Fsp3) is 0.385. The lowest BCUT2D eigenvalue weighted by molar-refractivity contribution is 0.350. The standard InChI is InChI=1S/C13H15FO3S2/c1-19(16,17)6-5-18-10-12-7-11(3-2-4-15)8-13(14)9-12/h7-9,15H,4-6,10H2,1H3. The summed E-state index contributed by atoms with van der Waals surface area (Å²) in [5, 5.41) is 8.59. The molecule has 0 spiro atoms. The first-order valence-electron chi connectivity index (χ1n) is 5.55. The van der Waals surface area contributed by atoms with Gasteiger partial charge < -0.3 is 5.11 Å². The van der Waals surface area contributed by atoms with Gasteiger partial charge in [-0.15, -0.1) is 0 Å². The van der Waals surface area contributed by atoms with E-state index in [1.54, 1.807) is 6.07 Å². The van der Waals surface area contributed by atoms with Crippen molar-refractivity contribution in [3.8, 4) is 11.8 Å². The molecule has 0 radical (unpaired) electrons. The molecule has 0 unspecified atom stereocenters. The smallest absolute Gasteiger partial charge is 0.148 e. The molecule has 0 aliphatic rings. The van der Waals surface area contributed by atoms with Crippen molar-refractivity contribution >= 4 is 21.6 Å². The Morgan fingerprint density at radius 1 is 1.37 bits per heavy atom. The molecule has 0 aromatic heterocycles. The molecule has 0 saturated heterocycles. The Kier molecular flexibility index (Phi) is 6.35. The summed E-state index contributed by atoms with van der Waals surface area (Å²) in [4.78, 5) is 0. The van der Waals surface area contributed by atoms with Gasteiger partial charge in [-0.1, -0.05) is 11.8 Å². The maximum Gasteiger partial charge on any atom is 0.148 e. The van der Waals surface area contributed by atoms with E-state index in [0.29, 0.717) is 17.1 Å². The highest BCUT2D eigenvalue weighted by atomic mass is 32.2. The van der Waals surface area contributed by atoms with Gasteiger partial charge in [-0.2, -0.15) is 11.8 Å². The molecule has 1 N–H and O–H groups in total. The zero-order valence-corrected chi connectivity index (χ0v) is 12.2. The predicted octanol–water partition coefficient (Wildman–Crippen LogP) is 1.45. The molecule has 1 rings (SSSR count). The van der Waals surface area contributed by atoms with Crippen molar-refractivity contribution in [3.05, 3.63) is 35.1 Å². The van der Waals surface area contributed by atoms with Crippen LogP contribution in [0.3, 0.4) is 0 Å². The molecule has 104 valence electrons. The quantitative estimate of drug-likeness (QED) is 0.661. The van der Waals surface area contributed by atoms with Gasteiger partial charge in [-0.05, 0) is 23.8 Å². The Labute approximate surface area is 117 Å². The van der Waals surface area contributed by atoms with Crippen molar-refractivity contribution in [2.24, 2.45) is 0 Å². The predicted molar refractivity (Wildman–Crippen MR) is 76.2 cm³/mol. The Morgan fingerprint density at radius 2 is 2.11 bits per heavy atom. The van der Waals surface area contributed by atoms with E-state index in [9.17, 15) is 12.8 Å². The SMILES string of the molecule is CS(=O)(=O)CCSCc1cc(F)cc(C#CCO)c1. The van der Waals surface area contributed by atoms with Crippen LogP contribution in [0.1, 0.15) is 11.1 Å². The average molecular weight is 302 g/mol. The van der Waals surface area contributed by atoms with Crippen LogP contribution in [0.5, 0.6) is 0 Å². The van der Waals surface area contributed by atoms with Crippen LogP contribution in [0.2, 0.25) is 0 Å². The van der Waals surface area contributed by atoms with Crippen molar-refractivity contribution in [1.82, 2.24) is 0 Å². The van der Waals surface area contributed by atoms with Crippen LogP contribution in [0.15, 0.2) is 18.2 Å². The number of rotatable bonds is 5. The van der Waals surface area contributed by atoms with Gasteiger partial charge in [0.2, 0.25) is 0 Å².